The lowest BCUT2D eigenvalue weighted by molar-refractivity contribution is -0.121. The van der Waals surface area contributed by atoms with Crippen LogP contribution < -0.4 is 11.3 Å². The van der Waals surface area contributed by atoms with Crippen LogP contribution in [0, 0.1) is 7.14 Å². The summed E-state index contributed by atoms with van der Waals surface area (Å²) in [5.41, 5.74) is 4.49. The Morgan fingerprint density at radius 3 is 2.05 bits per heavy atom. The van der Waals surface area contributed by atoms with Gasteiger partial charge in [-0.25, -0.2) is 5.84 Å². The largest absolute Gasteiger partial charge is 0.340 e. The zero-order valence-electron chi connectivity index (χ0n) is 11.1. The van der Waals surface area contributed by atoms with Crippen LogP contribution in [0.3, 0.4) is 0 Å². The van der Waals surface area contributed by atoms with Gasteiger partial charge in [-0.3, -0.25) is 10.2 Å². The van der Waals surface area contributed by atoms with Crippen molar-refractivity contribution in [1.29, 1.82) is 0 Å². The van der Waals surface area contributed by atoms with E-state index in [1.54, 1.807) is 0 Å². The smallest absolute Gasteiger partial charge is 0.235 e. The molecule has 0 spiro atoms. The minimum absolute atomic E-state index is 0.152. The number of aryl methyl sites for hydroxylation is 1. The number of hydrogen-bond donors (Lipinski definition) is 2. The molecule has 6 heteroatoms. The second-order valence-corrected chi connectivity index (χ2v) is 7.28. The fourth-order valence-electron chi connectivity index (χ4n) is 2.57. The van der Waals surface area contributed by atoms with Crippen molar-refractivity contribution in [3.63, 3.8) is 0 Å². The second kappa shape index (κ2) is 6.09. The first kappa shape index (κ1) is 15.0. The Morgan fingerprint density at radius 1 is 1.05 bits per heavy atom. The summed E-state index contributed by atoms with van der Waals surface area (Å²) in [5.74, 6) is 5.01. The van der Waals surface area contributed by atoms with Crippen LogP contribution in [0.2, 0.25) is 0 Å². The number of nitrogens with two attached hydrogens (primary N) is 1. The topological polar surface area (TPSA) is 60.0 Å². The molecule has 4 nitrogen and oxygen atoms in total. The lowest BCUT2D eigenvalue weighted by atomic mass is 10.2. The Morgan fingerprint density at radius 2 is 1.57 bits per heavy atom. The second-order valence-electron chi connectivity index (χ2n) is 4.79. The number of aromatic nitrogens is 1. The van der Waals surface area contributed by atoms with E-state index in [1.165, 1.54) is 17.9 Å². The number of benzene rings is 2. The van der Waals surface area contributed by atoms with Crippen LogP contribution in [0.15, 0.2) is 36.4 Å². The van der Waals surface area contributed by atoms with E-state index in [0.717, 1.165) is 11.0 Å². The first-order valence-electron chi connectivity index (χ1n) is 6.46. The fraction of sp³-hybridized carbons (Fsp3) is 0.133. The van der Waals surface area contributed by atoms with E-state index in [1.807, 2.05) is 0 Å². The number of carbonyl (C=O) groups is 1. The van der Waals surface area contributed by atoms with E-state index in [-0.39, 0.29) is 5.91 Å². The van der Waals surface area contributed by atoms with Crippen molar-refractivity contribution in [2.24, 2.45) is 5.84 Å². The highest BCUT2D eigenvalue weighted by molar-refractivity contribution is 14.1. The summed E-state index contributed by atoms with van der Waals surface area (Å²) < 4.78 is 4.60. The van der Waals surface area contributed by atoms with Gasteiger partial charge >= 0.3 is 0 Å². The maximum atomic E-state index is 11.4. The molecule has 0 aliphatic carbocycles. The van der Waals surface area contributed by atoms with Gasteiger partial charge in [0.25, 0.3) is 0 Å². The quantitative estimate of drug-likeness (QED) is 0.248. The summed E-state index contributed by atoms with van der Waals surface area (Å²) in [7, 11) is 0. The molecule has 0 atom stereocenters. The van der Waals surface area contributed by atoms with Gasteiger partial charge in [0.2, 0.25) is 5.91 Å². The molecule has 0 radical (unpaired) electrons. The van der Waals surface area contributed by atoms with Gasteiger partial charge in [-0.1, -0.05) is 0 Å². The number of halogens is 2. The maximum Gasteiger partial charge on any atom is 0.235 e. The summed E-state index contributed by atoms with van der Waals surface area (Å²) >= 11 is 4.65. The molecule has 2 aromatic carbocycles. The molecular weight excluding hydrogens is 492 g/mol. The average Bonchev–Trinajstić information content (AvgIpc) is 2.77. The SMILES string of the molecule is NNC(=O)CCn1c2ccc(I)cc2c2cc(I)ccc21. The molecule has 0 fully saturated rings. The van der Waals surface area contributed by atoms with Gasteiger partial charge in [-0.05, 0) is 81.6 Å². The van der Waals surface area contributed by atoms with Crippen molar-refractivity contribution >= 4 is 72.9 Å². The Labute approximate surface area is 149 Å². The Kier molecular flexibility index (Phi) is 4.36. The van der Waals surface area contributed by atoms with Gasteiger partial charge in [-0.15, -0.1) is 0 Å². The standard InChI is InChI=1S/C15H13I2N3O/c16-9-1-3-13-11(7-9)12-8-10(17)2-4-14(12)20(13)6-5-15(21)19-18/h1-4,7-8H,5-6,18H2,(H,19,21). The highest BCUT2D eigenvalue weighted by Gasteiger charge is 2.12. The third-order valence-corrected chi connectivity index (χ3v) is 4.85. The van der Waals surface area contributed by atoms with Gasteiger partial charge in [-0.2, -0.15) is 0 Å². The molecule has 0 saturated carbocycles. The first-order chi connectivity index (χ1) is 10.1. The number of nitrogens with zero attached hydrogens (tertiary/aromatic N) is 1. The predicted octanol–water partition coefficient (Wildman–Crippen LogP) is 3.38. The molecule has 1 aromatic heterocycles. The van der Waals surface area contributed by atoms with Crippen molar-refractivity contribution in [3.8, 4) is 0 Å². The summed E-state index contributed by atoms with van der Waals surface area (Å²) in [5, 5.41) is 2.45. The van der Waals surface area contributed by atoms with Crippen molar-refractivity contribution in [1.82, 2.24) is 9.99 Å². The molecule has 1 amide bonds. The molecule has 1 heterocycles. The molecule has 0 saturated heterocycles. The summed E-state index contributed by atoms with van der Waals surface area (Å²) in [6.07, 6.45) is 0.368. The highest BCUT2D eigenvalue weighted by atomic mass is 127. The molecule has 3 N–H and O–H groups in total. The van der Waals surface area contributed by atoms with Crippen LogP contribution in [0.4, 0.5) is 0 Å². The number of amides is 1. The van der Waals surface area contributed by atoms with E-state index >= 15 is 0 Å². The highest BCUT2D eigenvalue weighted by Crippen LogP contribution is 2.31. The Balaban J connectivity index is 2.22. The van der Waals surface area contributed by atoms with Gasteiger partial charge in [0.1, 0.15) is 0 Å². The summed E-state index contributed by atoms with van der Waals surface area (Å²) in [4.78, 5) is 11.4. The zero-order valence-corrected chi connectivity index (χ0v) is 15.4. The van der Waals surface area contributed by atoms with Gasteiger partial charge in [0.15, 0.2) is 0 Å². The van der Waals surface area contributed by atoms with E-state index in [4.69, 9.17) is 5.84 Å². The van der Waals surface area contributed by atoms with Gasteiger partial charge in [0, 0.05) is 41.9 Å². The van der Waals surface area contributed by atoms with E-state index in [0.29, 0.717) is 13.0 Å². The maximum absolute atomic E-state index is 11.4. The normalized spacial score (nSPS) is 11.2. The summed E-state index contributed by atoms with van der Waals surface area (Å²) in [6, 6.07) is 12.8. The lowest BCUT2D eigenvalue weighted by Gasteiger charge is -2.06. The third-order valence-electron chi connectivity index (χ3n) is 3.51. The molecule has 0 aliphatic rings. The molecule has 0 unspecified atom stereocenters. The minimum atomic E-state index is -0.152. The van der Waals surface area contributed by atoms with Gasteiger partial charge < -0.3 is 4.57 Å². The van der Waals surface area contributed by atoms with Crippen LogP contribution in [-0.2, 0) is 11.3 Å². The van der Waals surface area contributed by atoms with Crippen molar-refractivity contribution in [2.75, 3.05) is 0 Å². The zero-order chi connectivity index (χ0) is 15.0. The van der Waals surface area contributed by atoms with Crippen LogP contribution in [0.1, 0.15) is 6.42 Å². The van der Waals surface area contributed by atoms with E-state index < -0.39 is 0 Å². The average molecular weight is 505 g/mol. The van der Waals surface area contributed by atoms with E-state index in [2.05, 4.69) is 91.6 Å². The molecular formula is C15H13I2N3O. The molecule has 3 rings (SSSR count). The molecule has 0 bridgehead atoms. The van der Waals surface area contributed by atoms with Crippen LogP contribution in [0.25, 0.3) is 21.8 Å². The first-order valence-corrected chi connectivity index (χ1v) is 8.62. The van der Waals surface area contributed by atoms with Crippen LogP contribution >= 0.6 is 45.2 Å². The lowest BCUT2D eigenvalue weighted by Crippen LogP contribution is -2.30. The van der Waals surface area contributed by atoms with Gasteiger partial charge in [0.05, 0.1) is 0 Å². The Bertz CT molecular complexity index is 782. The molecule has 21 heavy (non-hydrogen) atoms. The number of fused-ring (bicyclic) bond motifs is 3. The fourth-order valence-corrected chi connectivity index (χ4v) is 3.56. The minimum Gasteiger partial charge on any atom is -0.340 e. The summed E-state index contributed by atoms with van der Waals surface area (Å²) in [6.45, 7) is 0.615. The van der Waals surface area contributed by atoms with E-state index in [9.17, 15) is 4.79 Å². The monoisotopic (exact) mass is 505 g/mol. The molecule has 108 valence electrons. The molecule has 0 aliphatic heterocycles. The number of hydrogen-bond acceptors (Lipinski definition) is 2. The predicted molar refractivity (Wildman–Crippen MR) is 102 cm³/mol. The third kappa shape index (κ3) is 2.88. The van der Waals surface area contributed by atoms with Crippen LogP contribution in [0.5, 0.6) is 0 Å². The number of rotatable bonds is 3. The van der Waals surface area contributed by atoms with Crippen molar-refractivity contribution in [3.05, 3.63) is 43.5 Å². The number of hydrazine groups is 1. The molecule has 3 aromatic rings. The number of carbonyl (C=O) groups excluding carboxylic acids is 1. The van der Waals surface area contributed by atoms with Crippen molar-refractivity contribution in [2.45, 2.75) is 13.0 Å². The number of nitrogens with one attached hydrogen (secondary N) is 1. The van der Waals surface area contributed by atoms with Crippen molar-refractivity contribution < 1.29 is 4.79 Å². The van der Waals surface area contributed by atoms with Crippen LogP contribution in [-0.4, -0.2) is 10.5 Å². The Hall–Kier alpha value is -0.870.